The van der Waals surface area contributed by atoms with Crippen molar-refractivity contribution >= 4 is 0 Å². The van der Waals surface area contributed by atoms with Crippen LogP contribution in [0.3, 0.4) is 0 Å². The number of hydrogen-bond donors (Lipinski definition) is 2. The number of nitrogens with two attached hydrogens (primary N) is 1. The molecule has 3 rings (SSSR count). The molecule has 2 saturated carbocycles. The fourth-order valence-electron chi connectivity index (χ4n) is 3.59. The molecule has 3 aliphatic rings. The molecule has 0 aromatic carbocycles. The molecule has 12 heavy (non-hydrogen) atoms. The molecule has 2 heteroatoms. The van der Waals surface area contributed by atoms with Gasteiger partial charge in [-0.3, -0.25) is 0 Å². The van der Waals surface area contributed by atoms with Crippen molar-refractivity contribution in [2.24, 2.45) is 23.0 Å². The zero-order valence-corrected chi connectivity index (χ0v) is 7.55. The summed E-state index contributed by atoms with van der Waals surface area (Å²) in [5.41, 5.74) is 6.78. The van der Waals surface area contributed by atoms with Crippen LogP contribution < -0.4 is 11.1 Å². The summed E-state index contributed by atoms with van der Waals surface area (Å²) >= 11 is 0. The summed E-state index contributed by atoms with van der Waals surface area (Å²) in [6.45, 7) is 2.45. The summed E-state index contributed by atoms with van der Waals surface area (Å²) in [5.74, 6) is 1.84. The molecular weight excluding hydrogens is 148 g/mol. The van der Waals surface area contributed by atoms with Gasteiger partial charge in [-0.25, -0.2) is 0 Å². The quantitative estimate of drug-likeness (QED) is 0.602. The lowest BCUT2D eigenvalue weighted by molar-refractivity contribution is 0.216. The average molecular weight is 166 g/mol. The van der Waals surface area contributed by atoms with Crippen LogP contribution in [0.4, 0.5) is 0 Å². The molecule has 0 amide bonds. The molecule has 2 nitrogen and oxygen atoms in total. The first-order valence-corrected chi connectivity index (χ1v) is 5.29. The first kappa shape index (κ1) is 7.34. The zero-order chi connectivity index (χ0) is 8.18. The highest BCUT2D eigenvalue weighted by Gasteiger charge is 2.57. The molecule has 1 aliphatic heterocycles. The van der Waals surface area contributed by atoms with Crippen LogP contribution in [0.5, 0.6) is 0 Å². The van der Waals surface area contributed by atoms with Crippen LogP contribution in [0.25, 0.3) is 0 Å². The fourth-order valence-corrected chi connectivity index (χ4v) is 3.59. The molecule has 3 atom stereocenters. The summed E-state index contributed by atoms with van der Waals surface area (Å²) in [5, 5.41) is 3.54. The Labute approximate surface area is 73.9 Å². The van der Waals surface area contributed by atoms with Crippen molar-refractivity contribution in [3.8, 4) is 0 Å². The molecule has 0 radical (unpaired) electrons. The molecule has 1 saturated heterocycles. The lowest BCUT2D eigenvalue weighted by Gasteiger charge is -2.29. The molecule has 3 fully saturated rings. The van der Waals surface area contributed by atoms with Crippen LogP contribution >= 0.6 is 0 Å². The Bertz CT molecular complexity index is 200. The predicted octanol–water partition coefficient (Wildman–Crippen LogP) is 0.723. The van der Waals surface area contributed by atoms with E-state index >= 15 is 0 Å². The number of hydrogen-bond acceptors (Lipinski definition) is 2. The number of nitrogens with one attached hydrogen (secondary N) is 1. The Hall–Kier alpha value is -0.0800. The normalized spacial score (nSPS) is 52.8. The summed E-state index contributed by atoms with van der Waals surface area (Å²) in [6.07, 6.45) is 5.63. The third kappa shape index (κ3) is 0.775. The van der Waals surface area contributed by atoms with E-state index in [9.17, 15) is 0 Å². The van der Waals surface area contributed by atoms with E-state index in [1.807, 2.05) is 0 Å². The van der Waals surface area contributed by atoms with Gasteiger partial charge in [0.2, 0.25) is 0 Å². The van der Waals surface area contributed by atoms with Gasteiger partial charge in [0.05, 0.1) is 0 Å². The second-order valence-corrected chi connectivity index (χ2v) is 4.95. The second-order valence-electron chi connectivity index (χ2n) is 4.95. The summed E-state index contributed by atoms with van der Waals surface area (Å²) < 4.78 is 0. The van der Waals surface area contributed by atoms with E-state index in [4.69, 9.17) is 5.73 Å². The highest BCUT2D eigenvalue weighted by Crippen LogP contribution is 2.58. The minimum atomic E-state index is 0.501. The summed E-state index contributed by atoms with van der Waals surface area (Å²) in [4.78, 5) is 0. The maximum absolute atomic E-state index is 6.13. The lowest BCUT2D eigenvalue weighted by atomic mass is 9.75. The van der Waals surface area contributed by atoms with Gasteiger partial charge in [0, 0.05) is 19.1 Å². The van der Waals surface area contributed by atoms with Gasteiger partial charge in [0.1, 0.15) is 0 Å². The molecule has 2 aliphatic carbocycles. The molecule has 1 heterocycles. The van der Waals surface area contributed by atoms with Crippen LogP contribution in [-0.2, 0) is 0 Å². The van der Waals surface area contributed by atoms with Gasteiger partial charge in [0.25, 0.3) is 0 Å². The van der Waals surface area contributed by atoms with E-state index in [0.29, 0.717) is 11.5 Å². The lowest BCUT2D eigenvalue weighted by Crippen LogP contribution is -2.35. The van der Waals surface area contributed by atoms with Crippen LogP contribution in [0.15, 0.2) is 0 Å². The van der Waals surface area contributed by atoms with Crippen molar-refractivity contribution in [1.82, 2.24) is 5.32 Å². The van der Waals surface area contributed by atoms with E-state index in [0.717, 1.165) is 11.8 Å². The maximum atomic E-state index is 6.13. The third-order valence-electron chi connectivity index (χ3n) is 4.41. The van der Waals surface area contributed by atoms with Crippen molar-refractivity contribution in [1.29, 1.82) is 0 Å². The number of rotatable bonds is 1. The van der Waals surface area contributed by atoms with Crippen LogP contribution in [0, 0.1) is 17.3 Å². The third-order valence-corrected chi connectivity index (χ3v) is 4.41. The van der Waals surface area contributed by atoms with Crippen molar-refractivity contribution in [3.05, 3.63) is 0 Å². The topological polar surface area (TPSA) is 38.0 Å². The maximum Gasteiger partial charge on any atom is 0.00854 e. The van der Waals surface area contributed by atoms with Crippen LogP contribution in [-0.4, -0.2) is 19.1 Å². The zero-order valence-electron chi connectivity index (χ0n) is 7.55. The Balaban J connectivity index is 1.90. The van der Waals surface area contributed by atoms with E-state index in [1.54, 1.807) is 0 Å². The SMILES string of the molecule is NC1CCC2(C3CC3)CNCC12. The monoisotopic (exact) mass is 166 g/mol. The summed E-state index contributed by atoms with van der Waals surface area (Å²) in [7, 11) is 0. The first-order valence-electron chi connectivity index (χ1n) is 5.29. The molecule has 68 valence electrons. The Kier molecular flexibility index (Phi) is 1.37. The van der Waals surface area contributed by atoms with Crippen molar-refractivity contribution in [2.75, 3.05) is 13.1 Å². The van der Waals surface area contributed by atoms with Gasteiger partial charge >= 0.3 is 0 Å². The van der Waals surface area contributed by atoms with E-state index in [2.05, 4.69) is 5.32 Å². The smallest absolute Gasteiger partial charge is 0.00854 e. The van der Waals surface area contributed by atoms with Gasteiger partial charge in [0.15, 0.2) is 0 Å². The van der Waals surface area contributed by atoms with Gasteiger partial charge in [-0.05, 0) is 42.9 Å². The highest BCUT2D eigenvalue weighted by atomic mass is 15.0. The Morgan fingerprint density at radius 3 is 2.83 bits per heavy atom. The van der Waals surface area contributed by atoms with Crippen molar-refractivity contribution in [2.45, 2.75) is 31.7 Å². The molecule has 3 N–H and O–H groups in total. The molecule has 0 aromatic heterocycles. The highest BCUT2D eigenvalue weighted by molar-refractivity contribution is 5.10. The fraction of sp³-hybridized carbons (Fsp3) is 1.00. The summed E-state index contributed by atoms with van der Waals surface area (Å²) in [6, 6.07) is 0.501. The van der Waals surface area contributed by atoms with Gasteiger partial charge < -0.3 is 11.1 Å². The number of fused-ring (bicyclic) bond motifs is 1. The minimum absolute atomic E-state index is 0.501. The van der Waals surface area contributed by atoms with Crippen LogP contribution in [0.1, 0.15) is 25.7 Å². The predicted molar refractivity (Wildman–Crippen MR) is 48.7 cm³/mol. The second kappa shape index (κ2) is 2.24. The van der Waals surface area contributed by atoms with Gasteiger partial charge in [-0.2, -0.15) is 0 Å². The van der Waals surface area contributed by atoms with Gasteiger partial charge in [-0.15, -0.1) is 0 Å². The van der Waals surface area contributed by atoms with Crippen molar-refractivity contribution < 1.29 is 0 Å². The molecule has 0 aromatic rings. The molecular formula is C10H18N2. The van der Waals surface area contributed by atoms with E-state index in [-0.39, 0.29) is 0 Å². The van der Waals surface area contributed by atoms with E-state index < -0.39 is 0 Å². The molecule has 3 unspecified atom stereocenters. The Morgan fingerprint density at radius 2 is 2.08 bits per heavy atom. The largest absolute Gasteiger partial charge is 0.327 e. The van der Waals surface area contributed by atoms with Crippen molar-refractivity contribution in [3.63, 3.8) is 0 Å². The average Bonchev–Trinajstić information content (AvgIpc) is 2.75. The molecule has 0 bridgehead atoms. The van der Waals surface area contributed by atoms with Crippen LogP contribution in [0.2, 0.25) is 0 Å². The first-order chi connectivity index (χ1) is 5.83. The van der Waals surface area contributed by atoms with Gasteiger partial charge in [-0.1, -0.05) is 0 Å². The Morgan fingerprint density at radius 1 is 1.25 bits per heavy atom. The molecule has 0 spiro atoms. The standard InChI is InChI=1S/C10H18N2/c11-9-3-4-10(7-1-2-7)6-12-5-8(9)10/h7-9,12H,1-6,11H2. The van der Waals surface area contributed by atoms with E-state index in [1.165, 1.54) is 38.8 Å². The minimum Gasteiger partial charge on any atom is -0.327 e.